The van der Waals surface area contributed by atoms with E-state index < -0.39 is 39.6 Å². The van der Waals surface area contributed by atoms with Crippen molar-refractivity contribution in [3.8, 4) is 0 Å². The van der Waals surface area contributed by atoms with Crippen molar-refractivity contribution in [3.63, 3.8) is 0 Å². The zero-order valence-electron chi connectivity index (χ0n) is 17.7. The Morgan fingerprint density at radius 2 is 1.78 bits per heavy atom. The molecule has 0 saturated heterocycles. The molecule has 0 radical (unpaired) electrons. The Balaban J connectivity index is 1.80. The molecule has 1 N–H and O–H groups in total. The minimum Gasteiger partial charge on any atom is -0.355 e. The van der Waals surface area contributed by atoms with E-state index in [1.54, 1.807) is 19.1 Å². The van der Waals surface area contributed by atoms with Gasteiger partial charge in [0.05, 0.1) is 5.56 Å². The molecule has 1 aliphatic heterocycles. The average molecular weight is 462 g/mol. The third kappa shape index (κ3) is 4.50. The summed E-state index contributed by atoms with van der Waals surface area (Å²) in [5, 5.41) is 2.62. The molecule has 0 unspecified atom stereocenters. The second-order valence-electron chi connectivity index (χ2n) is 7.31. The number of carbonyl (C=O) groups excluding carboxylic acids is 3. The molecule has 8 nitrogen and oxygen atoms in total. The van der Waals surface area contributed by atoms with Crippen molar-refractivity contribution >= 4 is 27.7 Å². The fraction of sp³-hybridized carbons (Fsp3) is 0.318. The molecule has 1 heterocycles. The lowest BCUT2D eigenvalue weighted by Crippen LogP contribution is -2.48. The van der Waals surface area contributed by atoms with Gasteiger partial charge in [-0.15, -0.1) is 0 Å². The van der Waals surface area contributed by atoms with Crippen LogP contribution in [0.3, 0.4) is 0 Å². The number of fused-ring (bicyclic) bond motifs is 1. The number of rotatable bonds is 8. The van der Waals surface area contributed by atoms with Gasteiger partial charge in [0, 0.05) is 31.6 Å². The number of hydrogen-bond donors (Lipinski definition) is 1. The van der Waals surface area contributed by atoms with Gasteiger partial charge in [0.2, 0.25) is 11.8 Å². The maximum Gasteiger partial charge on any atom is 0.269 e. The van der Waals surface area contributed by atoms with Crippen molar-refractivity contribution in [2.45, 2.75) is 37.8 Å². The van der Waals surface area contributed by atoms with Crippen molar-refractivity contribution in [1.82, 2.24) is 14.5 Å². The van der Waals surface area contributed by atoms with Gasteiger partial charge in [0.1, 0.15) is 16.8 Å². The topological polar surface area (TPSA) is 104 Å². The minimum atomic E-state index is -4.05. The number of sulfonamides is 1. The fourth-order valence-corrected chi connectivity index (χ4v) is 5.08. The van der Waals surface area contributed by atoms with E-state index >= 15 is 0 Å². The number of amides is 3. The molecule has 170 valence electrons. The average Bonchev–Trinajstić information content (AvgIpc) is 2.96. The van der Waals surface area contributed by atoms with Crippen LogP contribution in [0, 0.1) is 5.82 Å². The van der Waals surface area contributed by atoms with Gasteiger partial charge in [0.25, 0.3) is 15.9 Å². The highest BCUT2D eigenvalue weighted by atomic mass is 32.2. The van der Waals surface area contributed by atoms with Gasteiger partial charge in [-0.1, -0.05) is 30.3 Å². The third-order valence-corrected chi connectivity index (χ3v) is 7.10. The van der Waals surface area contributed by atoms with Crippen LogP contribution in [0.1, 0.15) is 36.2 Å². The predicted octanol–water partition coefficient (Wildman–Crippen LogP) is 1.91. The summed E-state index contributed by atoms with van der Waals surface area (Å²) in [5.74, 6) is -2.23. The molecule has 3 rings (SSSR count). The summed E-state index contributed by atoms with van der Waals surface area (Å²) in [7, 11) is -4.05. The summed E-state index contributed by atoms with van der Waals surface area (Å²) < 4.78 is 40.3. The lowest BCUT2D eigenvalue weighted by molar-refractivity contribution is -0.140. The summed E-state index contributed by atoms with van der Waals surface area (Å²) in [5.41, 5.74) is 0.271. The molecular formula is C22H24FN3O5S. The largest absolute Gasteiger partial charge is 0.355 e. The van der Waals surface area contributed by atoms with Crippen LogP contribution in [0.5, 0.6) is 0 Å². The highest BCUT2D eigenvalue weighted by Gasteiger charge is 2.41. The number of likely N-dealkylation sites (N-methyl/N-ethyl adjacent to an activating group) is 1. The monoisotopic (exact) mass is 461 g/mol. The van der Waals surface area contributed by atoms with E-state index in [0.717, 1.165) is 0 Å². The quantitative estimate of drug-likeness (QED) is 0.647. The van der Waals surface area contributed by atoms with Crippen LogP contribution >= 0.6 is 0 Å². The first-order valence-corrected chi connectivity index (χ1v) is 11.6. The smallest absolute Gasteiger partial charge is 0.269 e. The van der Waals surface area contributed by atoms with Gasteiger partial charge in [-0.3, -0.25) is 14.4 Å². The van der Waals surface area contributed by atoms with Crippen molar-refractivity contribution in [2.24, 2.45) is 0 Å². The van der Waals surface area contributed by atoms with Crippen LogP contribution < -0.4 is 5.32 Å². The number of nitrogens with one attached hydrogen (secondary N) is 1. The Kier molecular flexibility index (Phi) is 6.93. The summed E-state index contributed by atoms with van der Waals surface area (Å²) in [6.45, 7) is 3.03. The maximum atomic E-state index is 14.2. The molecule has 1 aliphatic rings. The Morgan fingerprint density at radius 3 is 2.44 bits per heavy atom. The molecule has 0 aromatic heterocycles. The number of benzene rings is 2. The van der Waals surface area contributed by atoms with Crippen molar-refractivity contribution < 1.29 is 27.2 Å². The molecule has 10 heteroatoms. The summed E-state index contributed by atoms with van der Waals surface area (Å²) in [6.07, 6.45) is -0.350. The fourth-order valence-electron chi connectivity index (χ4n) is 3.51. The normalized spacial score (nSPS) is 15.2. The van der Waals surface area contributed by atoms with Crippen LogP contribution in [0.25, 0.3) is 0 Å². The first-order valence-electron chi connectivity index (χ1n) is 10.1. The molecular weight excluding hydrogens is 437 g/mol. The lowest BCUT2D eigenvalue weighted by atomic mass is 10.1. The molecule has 0 aliphatic carbocycles. The molecule has 0 bridgehead atoms. The lowest BCUT2D eigenvalue weighted by Gasteiger charge is -2.29. The van der Waals surface area contributed by atoms with E-state index in [2.05, 4.69) is 5.32 Å². The van der Waals surface area contributed by atoms with E-state index in [9.17, 15) is 27.2 Å². The molecule has 0 saturated carbocycles. The van der Waals surface area contributed by atoms with Crippen LogP contribution in [0.2, 0.25) is 0 Å². The van der Waals surface area contributed by atoms with Crippen LogP contribution in [0.4, 0.5) is 4.39 Å². The first kappa shape index (κ1) is 23.4. The molecule has 0 fully saturated rings. The number of halogens is 1. The Hall–Kier alpha value is -3.27. The molecule has 1 atom stereocenters. The van der Waals surface area contributed by atoms with E-state index in [0.29, 0.717) is 10.8 Å². The SMILES string of the molecule is CCNC(=O)[C@@H](C)N(Cc1ccccc1F)C(=O)CCN1C(=O)c2ccccc2S1(=O)=O. The number of carbonyl (C=O) groups is 3. The van der Waals surface area contributed by atoms with Gasteiger partial charge in [0.15, 0.2) is 0 Å². The van der Waals surface area contributed by atoms with Gasteiger partial charge in [-0.05, 0) is 32.0 Å². The van der Waals surface area contributed by atoms with Crippen LogP contribution in [0.15, 0.2) is 53.4 Å². The molecule has 0 spiro atoms. The van der Waals surface area contributed by atoms with E-state index in [4.69, 9.17) is 0 Å². The van der Waals surface area contributed by atoms with E-state index in [1.807, 2.05) is 0 Å². The van der Waals surface area contributed by atoms with E-state index in [1.165, 1.54) is 48.2 Å². The highest BCUT2D eigenvalue weighted by Crippen LogP contribution is 2.30. The molecule has 2 aromatic rings. The maximum absolute atomic E-state index is 14.2. The predicted molar refractivity (Wildman–Crippen MR) is 114 cm³/mol. The van der Waals surface area contributed by atoms with Crippen LogP contribution in [-0.4, -0.2) is 54.5 Å². The second kappa shape index (κ2) is 9.47. The zero-order valence-corrected chi connectivity index (χ0v) is 18.6. The first-order chi connectivity index (χ1) is 15.2. The number of hydrogen-bond acceptors (Lipinski definition) is 5. The van der Waals surface area contributed by atoms with Crippen LogP contribution in [-0.2, 0) is 26.2 Å². The van der Waals surface area contributed by atoms with Gasteiger partial charge >= 0.3 is 0 Å². The van der Waals surface area contributed by atoms with Crippen molar-refractivity contribution in [1.29, 1.82) is 0 Å². The minimum absolute atomic E-state index is 0.0545. The Bertz CT molecular complexity index is 1150. The molecule has 32 heavy (non-hydrogen) atoms. The van der Waals surface area contributed by atoms with Crippen molar-refractivity contribution in [2.75, 3.05) is 13.1 Å². The zero-order chi connectivity index (χ0) is 23.5. The highest BCUT2D eigenvalue weighted by molar-refractivity contribution is 7.90. The Morgan fingerprint density at radius 1 is 1.12 bits per heavy atom. The summed E-state index contributed by atoms with van der Waals surface area (Å²) in [4.78, 5) is 39.1. The Labute approximate surface area is 186 Å². The molecule has 3 amide bonds. The standard InChI is InChI=1S/C22H24FN3O5S/c1-3-24-21(28)15(2)25(14-16-8-4-6-10-18(16)23)20(27)12-13-26-22(29)17-9-5-7-11-19(17)32(26,30)31/h4-11,15H,3,12-14H2,1-2H3,(H,24,28)/t15-/m1/s1. The molecule has 2 aromatic carbocycles. The van der Waals surface area contributed by atoms with E-state index in [-0.39, 0.29) is 35.5 Å². The van der Waals surface area contributed by atoms with Gasteiger partial charge in [-0.25, -0.2) is 17.1 Å². The summed E-state index contributed by atoms with van der Waals surface area (Å²) in [6, 6.07) is 10.8. The van der Waals surface area contributed by atoms with Gasteiger partial charge < -0.3 is 10.2 Å². The third-order valence-electron chi connectivity index (χ3n) is 5.26. The van der Waals surface area contributed by atoms with Crippen molar-refractivity contribution in [3.05, 3.63) is 65.5 Å². The van der Waals surface area contributed by atoms with Gasteiger partial charge in [-0.2, -0.15) is 0 Å². The number of nitrogens with zero attached hydrogens (tertiary/aromatic N) is 2. The second-order valence-corrected chi connectivity index (χ2v) is 9.14. The summed E-state index contributed by atoms with van der Waals surface area (Å²) >= 11 is 0.